The zero-order valence-electron chi connectivity index (χ0n) is 10.4. The molecule has 5 nitrogen and oxygen atoms in total. The third-order valence-corrected chi connectivity index (χ3v) is 2.49. The van der Waals surface area contributed by atoms with E-state index in [9.17, 15) is 0 Å². The highest BCUT2D eigenvalue weighted by atomic mass is 16.5. The van der Waals surface area contributed by atoms with Gasteiger partial charge in [0.15, 0.2) is 0 Å². The van der Waals surface area contributed by atoms with Crippen molar-refractivity contribution in [1.82, 2.24) is 4.98 Å². The van der Waals surface area contributed by atoms with Crippen LogP contribution in [0.4, 0.5) is 5.69 Å². The zero-order chi connectivity index (χ0) is 12.9. The third kappa shape index (κ3) is 3.93. The normalized spacial score (nSPS) is 10.9. The minimum Gasteiger partial charge on any atom is -0.477 e. The fourth-order valence-corrected chi connectivity index (χ4v) is 1.16. The molecule has 0 spiro atoms. The van der Waals surface area contributed by atoms with Crippen LogP contribution in [0.3, 0.4) is 0 Å². The van der Waals surface area contributed by atoms with E-state index >= 15 is 0 Å². The van der Waals surface area contributed by atoms with Crippen LogP contribution in [0.5, 0.6) is 5.88 Å². The Bertz CT molecular complexity index is 424. The summed E-state index contributed by atoms with van der Waals surface area (Å²) in [6.45, 7) is 4.38. The molecular weight excluding hydrogens is 218 g/mol. The summed E-state index contributed by atoms with van der Waals surface area (Å²) in [7, 11) is 1.65. The molecule has 0 unspecified atom stereocenters. The predicted octanol–water partition coefficient (Wildman–Crippen LogP) is 1.73. The molecule has 1 heterocycles. The molecule has 0 aliphatic heterocycles. The quantitative estimate of drug-likeness (QED) is 0.840. The molecule has 0 aromatic carbocycles. The van der Waals surface area contributed by atoms with E-state index in [0.717, 1.165) is 0 Å². The molecule has 0 fully saturated rings. The lowest BCUT2D eigenvalue weighted by atomic mass is 10.1. The van der Waals surface area contributed by atoms with Gasteiger partial charge >= 0.3 is 0 Å². The van der Waals surface area contributed by atoms with Crippen molar-refractivity contribution in [3.05, 3.63) is 17.8 Å². The maximum atomic E-state index is 8.90. The third-order valence-electron chi connectivity index (χ3n) is 2.49. The van der Waals surface area contributed by atoms with E-state index in [-0.39, 0.29) is 5.60 Å². The molecular formula is C12H17N3O2. The molecule has 0 saturated carbocycles. The summed E-state index contributed by atoms with van der Waals surface area (Å²) in [4.78, 5) is 3.98. The van der Waals surface area contributed by atoms with Gasteiger partial charge in [0.2, 0.25) is 5.88 Å². The minimum atomic E-state index is -0.249. The van der Waals surface area contributed by atoms with Crippen molar-refractivity contribution in [3.8, 4) is 11.9 Å². The lowest BCUT2D eigenvalue weighted by molar-refractivity contribution is 0.00506. The molecule has 5 heteroatoms. The summed E-state index contributed by atoms with van der Waals surface area (Å²) in [5, 5.41) is 8.90. The molecule has 0 bridgehead atoms. The van der Waals surface area contributed by atoms with Crippen molar-refractivity contribution < 1.29 is 9.47 Å². The second-order valence-corrected chi connectivity index (χ2v) is 4.30. The average molecular weight is 235 g/mol. The summed E-state index contributed by atoms with van der Waals surface area (Å²) in [5.74, 6) is 0.314. The van der Waals surface area contributed by atoms with Crippen molar-refractivity contribution in [2.45, 2.75) is 25.9 Å². The van der Waals surface area contributed by atoms with Crippen LogP contribution in [-0.4, -0.2) is 24.3 Å². The molecule has 0 radical (unpaired) electrons. The molecule has 0 saturated heterocycles. The average Bonchev–Trinajstić information content (AvgIpc) is 2.30. The lowest BCUT2D eigenvalue weighted by Gasteiger charge is -2.22. The number of rotatable bonds is 5. The molecule has 0 amide bonds. The molecule has 2 N–H and O–H groups in total. The van der Waals surface area contributed by atoms with Crippen molar-refractivity contribution in [2.75, 3.05) is 19.5 Å². The Morgan fingerprint density at radius 1 is 1.53 bits per heavy atom. The van der Waals surface area contributed by atoms with Gasteiger partial charge in [-0.2, -0.15) is 5.26 Å². The zero-order valence-corrected chi connectivity index (χ0v) is 10.4. The van der Waals surface area contributed by atoms with E-state index in [0.29, 0.717) is 30.2 Å². The smallest absolute Gasteiger partial charge is 0.231 e. The first-order valence-corrected chi connectivity index (χ1v) is 5.32. The van der Waals surface area contributed by atoms with Crippen molar-refractivity contribution in [2.24, 2.45) is 0 Å². The van der Waals surface area contributed by atoms with Gasteiger partial charge in [0.25, 0.3) is 0 Å². The molecule has 1 aromatic heterocycles. The Hall–Kier alpha value is -1.80. The first-order chi connectivity index (χ1) is 7.98. The summed E-state index contributed by atoms with van der Waals surface area (Å²) < 4.78 is 10.7. The number of aromatic nitrogens is 1. The lowest BCUT2D eigenvalue weighted by Crippen LogP contribution is -2.25. The van der Waals surface area contributed by atoms with Crippen LogP contribution in [0.1, 0.15) is 25.8 Å². The van der Waals surface area contributed by atoms with Crippen molar-refractivity contribution in [3.63, 3.8) is 0 Å². The highest BCUT2D eigenvalue weighted by molar-refractivity contribution is 5.48. The number of nitrogen functional groups attached to an aromatic ring is 1. The van der Waals surface area contributed by atoms with Crippen LogP contribution < -0.4 is 10.5 Å². The van der Waals surface area contributed by atoms with E-state index in [4.69, 9.17) is 20.5 Å². The Morgan fingerprint density at radius 3 is 2.82 bits per heavy atom. The SMILES string of the molecule is COC(C)(C)CCOc1ncc(N)cc1C#N. The van der Waals surface area contributed by atoms with Crippen LogP contribution >= 0.6 is 0 Å². The topological polar surface area (TPSA) is 81.2 Å². The van der Waals surface area contributed by atoms with Crippen LogP contribution in [-0.2, 0) is 4.74 Å². The number of nitriles is 1. The van der Waals surface area contributed by atoms with E-state index in [1.807, 2.05) is 19.9 Å². The number of anilines is 1. The van der Waals surface area contributed by atoms with Gasteiger partial charge in [0.1, 0.15) is 11.6 Å². The number of ether oxygens (including phenoxy) is 2. The largest absolute Gasteiger partial charge is 0.477 e. The number of nitrogens with two attached hydrogens (primary N) is 1. The van der Waals surface area contributed by atoms with Gasteiger partial charge in [-0.15, -0.1) is 0 Å². The van der Waals surface area contributed by atoms with Crippen molar-refractivity contribution >= 4 is 5.69 Å². The molecule has 0 aliphatic carbocycles. The van der Waals surface area contributed by atoms with Crippen LogP contribution in [0.2, 0.25) is 0 Å². The number of methoxy groups -OCH3 is 1. The highest BCUT2D eigenvalue weighted by Crippen LogP contribution is 2.18. The Kier molecular flexibility index (Phi) is 4.30. The molecule has 92 valence electrons. The number of pyridine rings is 1. The van der Waals surface area contributed by atoms with Gasteiger partial charge in [-0.1, -0.05) is 0 Å². The summed E-state index contributed by atoms with van der Waals surface area (Å²) in [5.41, 5.74) is 6.08. The second kappa shape index (κ2) is 5.51. The molecule has 17 heavy (non-hydrogen) atoms. The highest BCUT2D eigenvalue weighted by Gasteiger charge is 2.16. The van der Waals surface area contributed by atoms with Gasteiger partial charge in [-0.3, -0.25) is 0 Å². The van der Waals surface area contributed by atoms with E-state index < -0.39 is 0 Å². The van der Waals surface area contributed by atoms with Crippen LogP contribution in [0.15, 0.2) is 12.3 Å². The first kappa shape index (κ1) is 13.3. The molecule has 1 aromatic rings. The molecule has 0 aliphatic rings. The van der Waals surface area contributed by atoms with E-state index in [1.54, 1.807) is 13.2 Å². The first-order valence-electron chi connectivity index (χ1n) is 5.32. The fourth-order valence-electron chi connectivity index (χ4n) is 1.16. The standard InChI is InChI=1S/C12H17N3O2/c1-12(2,16-3)4-5-17-11-9(7-13)6-10(14)8-15-11/h6,8H,4-5,14H2,1-3H3. The number of hydrogen-bond donors (Lipinski definition) is 1. The summed E-state index contributed by atoms with van der Waals surface area (Å²) >= 11 is 0. The maximum Gasteiger partial charge on any atom is 0.231 e. The van der Waals surface area contributed by atoms with Gasteiger partial charge in [0, 0.05) is 13.5 Å². The number of nitrogens with zero attached hydrogens (tertiary/aromatic N) is 2. The van der Waals surface area contributed by atoms with Gasteiger partial charge < -0.3 is 15.2 Å². The number of hydrogen-bond acceptors (Lipinski definition) is 5. The fraction of sp³-hybridized carbons (Fsp3) is 0.500. The van der Waals surface area contributed by atoms with Gasteiger partial charge in [-0.05, 0) is 19.9 Å². The monoisotopic (exact) mass is 235 g/mol. The van der Waals surface area contributed by atoms with Crippen LogP contribution in [0, 0.1) is 11.3 Å². The second-order valence-electron chi connectivity index (χ2n) is 4.30. The van der Waals surface area contributed by atoms with E-state index in [1.165, 1.54) is 6.20 Å². The summed E-state index contributed by atoms with van der Waals surface area (Å²) in [6, 6.07) is 3.54. The summed E-state index contributed by atoms with van der Waals surface area (Å²) in [6.07, 6.45) is 2.18. The van der Waals surface area contributed by atoms with E-state index in [2.05, 4.69) is 4.98 Å². The van der Waals surface area contributed by atoms with Crippen LogP contribution in [0.25, 0.3) is 0 Å². The molecule has 0 atom stereocenters. The Labute approximate surface area is 101 Å². The maximum absolute atomic E-state index is 8.90. The van der Waals surface area contributed by atoms with Gasteiger partial charge in [-0.25, -0.2) is 4.98 Å². The minimum absolute atomic E-state index is 0.249. The molecule has 1 rings (SSSR count). The Balaban J connectivity index is 2.62. The van der Waals surface area contributed by atoms with Gasteiger partial charge in [0.05, 0.1) is 24.1 Å². The Morgan fingerprint density at radius 2 is 2.24 bits per heavy atom. The predicted molar refractivity (Wildman–Crippen MR) is 64.6 cm³/mol. The van der Waals surface area contributed by atoms with Crippen molar-refractivity contribution in [1.29, 1.82) is 5.26 Å².